The molecule has 0 bridgehead atoms. The molecule has 88 valence electrons. The monoisotopic (exact) mass is 244 g/mol. The first-order valence-electron chi connectivity index (χ1n) is 5.25. The molecule has 1 aromatic rings. The molecule has 2 rings (SSSR count). The number of anilines is 2. The third-order valence-corrected chi connectivity index (χ3v) is 3.79. The maximum atomic E-state index is 13.5. The van der Waals surface area contributed by atoms with Crippen molar-refractivity contribution in [2.45, 2.75) is 18.9 Å². The lowest BCUT2D eigenvalue weighted by Gasteiger charge is -2.24. The average molecular weight is 244 g/mol. The molecule has 3 N–H and O–H groups in total. The van der Waals surface area contributed by atoms with Crippen LogP contribution in [0.3, 0.4) is 0 Å². The first-order valence-corrected chi connectivity index (χ1v) is 6.41. The second-order valence-corrected chi connectivity index (χ2v) is 5.07. The van der Waals surface area contributed by atoms with Gasteiger partial charge in [-0.3, -0.25) is 0 Å². The number of benzene rings is 1. The number of hydrogen-bond acceptors (Lipinski definition) is 3. The van der Waals surface area contributed by atoms with Gasteiger partial charge in [0.05, 0.1) is 0 Å². The summed E-state index contributed by atoms with van der Waals surface area (Å²) in [5.41, 5.74) is 5.41. The van der Waals surface area contributed by atoms with Crippen molar-refractivity contribution in [3.63, 3.8) is 0 Å². The Hall–Kier alpha value is -0.970. The minimum absolute atomic E-state index is 0.0540. The molecule has 1 saturated heterocycles. The highest BCUT2D eigenvalue weighted by molar-refractivity contribution is 7.99. The van der Waals surface area contributed by atoms with E-state index in [-0.39, 0.29) is 17.4 Å². The molecule has 1 aromatic carbocycles. The number of thioether (sulfide) groups is 1. The number of hydrogen-bond donors (Lipinski definition) is 2. The normalized spacial score (nSPS) is 20.8. The highest BCUT2D eigenvalue weighted by atomic mass is 32.2. The standard InChI is InChI=1S/C11H14F2N2S/c12-9-4-7(14)5-10(13)11(9)15-8-2-1-3-16-6-8/h4-5,8,15H,1-3,6,14H2. The average Bonchev–Trinajstić information content (AvgIpc) is 2.25. The Balaban J connectivity index is 2.14. The van der Waals surface area contributed by atoms with Crippen molar-refractivity contribution in [3.05, 3.63) is 23.8 Å². The summed E-state index contributed by atoms with van der Waals surface area (Å²) in [7, 11) is 0. The quantitative estimate of drug-likeness (QED) is 0.786. The van der Waals surface area contributed by atoms with Crippen LogP contribution in [-0.2, 0) is 0 Å². The Labute approximate surface area is 97.6 Å². The molecule has 0 amide bonds. The summed E-state index contributed by atoms with van der Waals surface area (Å²) in [5, 5.41) is 2.92. The van der Waals surface area contributed by atoms with Crippen LogP contribution in [0.4, 0.5) is 20.2 Å². The lowest BCUT2D eigenvalue weighted by Crippen LogP contribution is -2.26. The summed E-state index contributed by atoms with van der Waals surface area (Å²) < 4.78 is 27.0. The molecular weight excluding hydrogens is 230 g/mol. The number of rotatable bonds is 2. The van der Waals surface area contributed by atoms with Crippen LogP contribution in [0.15, 0.2) is 12.1 Å². The molecule has 16 heavy (non-hydrogen) atoms. The topological polar surface area (TPSA) is 38.0 Å². The molecule has 1 atom stereocenters. The molecule has 1 heterocycles. The number of halogens is 2. The van der Waals surface area contributed by atoms with Gasteiger partial charge in [-0.2, -0.15) is 11.8 Å². The van der Waals surface area contributed by atoms with Gasteiger partial charge < -0.3 is 11.1 Å². The first-order chi connectivity index (χ1) is 7.66. The van der Waals surface area contributed by atoms with Crippen LogP contribution in [-0.4, -0.2) is 17.5 Å². The van der Waals surface area contributed by atoms with Gasteiger partial charge >= 0.3 is 0 Å². The Morgan fingerprint density at radius 1 is 1.31 bits per heavy atom. The Kier molecular flexibility index (Phi) is 3.53. The Morgan fingerprint density at radius 2 is 2.00 bits per heavy atom. The number of nitrogens with two attached hydrogens (primary N) is 1. The van der Waals surface area contributed by atoms with Crippen LogP contribution in [0.2, 0.25) is 0 Å². The summed E-state index contributed by atoms with van der Waals surface area (Å²) in [6.07, 6.45) is 2.04. The van der Waals surface area contributed by atoms with Crippen molar-refractivity contribution in [1.82, 2.24) is 0 Å². The maximum Gasteiger partial charge on any atom is 0.151 e. The molecule has 2 nitrogen and oxygen atoms in total. The van der Waals surface area contributed by atoms with Gasteiger partial charge in [0.1, 0.15) is 5.69 Å². The fraction of sp³-hybridized carbons (Fsp3) is 0.455. The van der Waals surface area contributed by atoms with E-state index in [0.29, 0.717) is 0 Å². The van der Waals surface area contributed by atoms with Crippen LogP contribution in [0.1, 0.15) is 12.8 Å². The van der Waals surface area contributed by atoms with Crippen molar-refractivity contribution >= 4 is 23.1 Å². The van der Waals surface area contributed by atoms with Gasteiger partial charge in [-0.1, -0.05) is 0 Å². The van der Waals surface area contributed by atoms with Gasteiger partial charge in [-0.15, -0.1) is 0 Å². The predicted molar refractivity (Wildman–Crippen MR) is 64.7 cm³/mol. The molecule has 0 saturated carbocycles. The molecule has 1 unspecified atom stereocenters. The Morgan fingerprint density at radius 3 is 2.56 bits per heavy atom. The zero-order valence-corrected chi connectivity index (χ0v) is 9.62. The van der Waals surface area contributed by atoms with E-state index in [1.54, 1.807) is 11.8 Å². The summed E-state index contributed by atoms with van der Waals surface area (Å²) >= 11 is 1.81. The number of nitrogens with one attached hydrogen (secondary N) is 1. The zero-order chi connectivity index (χ0) is 11.5. The van der Waals surface area contributed by atoms with Gasteiger partial charge in [0, 0.05) is 17.5 Å². The highest BCUT2D eigenvalue weighted by Crippen LogP contribution is 2.26. The summed E-state index contributed by atoms with van der Waals surface area (Å²) in [4.78, 5) is 0. The molecule has 1 fully saturated rings. The molecule has 0 aliphatic carbocycles. The lowest BCUT2D eigenvalue weighted by molar-refractivity contribution is 0.579. The van der Waals surface area contributed by atoms with Crippen LogP contribution < -0.4 is 11.1 Å². The van der Waals surface area contributed by atoms with Crippen molar-refractivity contribution in [2.75, 3.05) is 22.6 Å². The van der Waals surface area contributed by atoms with Crippen molar-refractivity contribution in [3.8, 4) is 0 Å². The second-order valence-electron chi connectivity index (χ2n) is 3.92. The van der Waals surface area contributed by atoms with Crippen molar-refractivity contribution in [1.29, 1.82) is 0 Å². The fourth-order valence-electron chi connectivity index (χ4n) is 1.79. The van der Waals surface area contributed by atoms with E-state index in [1.807, 2.05) is 0 Å². The van der Waals surface area contributed by atoms with Crippen LogP contribution in [0.5, 0.6) is 0 Å². The third-order valence-electron chi connectivity index (χ3n) is 2.57. The number of nitrogen functional groups attached to an aromatic ring is 1. The van der Waals surface area contributed by atoms with E-state index in [4.69, 9.17) is 5.73 Å². The molecule has 0 spiro atoms. The van der Waals surface area contributed by atoms with E-state index in [2.05, 4.69) is 5.32 Å². The second kappa shape index (κ2) is 4.91. The van der Waals surface area contributed by atoms with E-state index < -0.39 is 11.6 Å². The molecule has 1 aliphatic rings. The van der Waals surface area contributed by atoms with Crippen LogP contribution >= 0.6 is 11.8 Å². The van der Waals surface area contributed by atoms with Gasteiger partial charge in [-0.05, 0) is 30.7 Å². The smallest absolute Gasteiger partial charge is 0.151 e. The summed E-state index contributed by atoms with van der Waals surface area (Å²) in [5.74, 6) is 0.787. The maximum absolute atomic E-state index is 13.5. The minimum atomic E-state index is -0.618. The third kappa shape index (κ3) is 2.58. The Bertz CT molecular complexity index is 355. The van der Waals surface area contributed by atoms with Gasteiger partial charge in [0.25, 0.3) is 0 Å². The molecule has 0 aromatic heterocycles. The molecular formula is C11H14F2N2S. The zero-order valence-electron chi connectivity index (χ0n) is 8.80. The van der Waals surface area contributed by atoms with Gasteiger partial charge in [-0.25, -0.2) is 8.78 Å². The first kappa shape index (κ1) is 11.5. The highest BCUT2D eigenvalue weighted by Gasteiger charge is 2.17. The van der Waals surface area contributed by atoms with Crippen molar-refractivity contribution in [2.24, 2.45) is 0 Å². The summed E-state index contributed by atoms with van der Waals surface area (Å²) in [6.45, 7) is 0. The van der Waals surface area contributed by atoms with Gasteiger partial charge in [0.2, 0.25) is 0 Å². The van der Waals surface area contributed by atoms with E-state index in [0.717, 1.165) is 36.5 Å². The largest absolute Gasteiger partial charge is 0.399 e. The van der Waals surface area contributed by atoms with E-state index in [9.17, 15) is 8.78 Å². The molecule has 1 aliphatic heterocycles. The minimum Gasteiger partial charge on any atom is -0.399 e. The lowest BCUT2D eigenvalue weighted by atomic mass is 10.1. The molecule has 5 heteroatoms. The molecule has 0 radical (unpaired) electrons. The fourth-order valence-corrected chi connectivity index (χ4v) is 2.86. The van der Waals surface area contributed by atoms with E-state index >= 15 is 0 Å². The van der Waals surface area contributed by atoms with Crippen molar-refractivity contribution < 1.29 is 8.78 Å². The van der Waals surface area contributed by atoms with E-state index in [1.165, 1.54) is 0 Å². The van der Waals surface area contributed by atoms with Gasteiger partial charge in [0.15, 0.2) is 11.6 Å². The van der Waals surface area contributed by atoms with Crippen LogP contribution in [0.25, 0.3) is 0 Å². The van der Waals surface area contributed by atoms with Crippen LogP contribution in [0, 0.1) is 11.6 Å². The summed E-state index contributed by atoms with van der Waals surface area (Å²) in [6, 6.07) is 2.43. The predicted octanol–water partition coefficient (Wildman–Crippen LogP) is 2.85. The SMILES string of the molecule is Nc1cc(F)c(NC2CCCSC2)c(F)c1.